The number of aliphatic hydroxyl groups is 1. The fraction of sp³-hybridized carbons (Fsp3) is 0.136. The van der Waals surface area contributed by atoms with Gasteiger partial charge < -0.3 is 16.2 Å². The smallest absolute Gasteiger partial charge is 0.227 e. The summed E-state index contributed by atoms with van der Waals surface area (Å²) in [4.78, 5) is 14.1. The summed E-state index contributed by atoms with van der Waals surface area (Å²) in [6.07, 6.45) is 1.65. The van der Waals surface area contributed by atoms with Gasteiger partial charge in [0, 0.05) is 17.4 Å². The van der Waals surface area contributed by atoms with Gasteiger partial charge in [-0.1, -0.05) is 23.5 Å². The molecular formula is C22H20FN5OS. The summed E-state index contributed by atoms with van der Waals surface area (Å²) in [6.45, 7) is 3.46. The molecule has 0 aliphatic heterocycles. The zero-order valence-electron chi connectivity index (χ0n) is 16.4. The van der Waals surface area contributed by atoms with E-state index in [1.807, 2.05) is 24.3 Å². The van der Waals surface area contributed by atoms with Gasteiger partial charge >= 0.3 is 0 Å². The summed E-state index contributed by atoms with van der Waals surface area (Å²) in [5.74, 6) is 0.0859. The van der Waals surface area contributed by atoms with E-state index in [0.29, 0.717) is 22.5 Å². The maximum atomic E-state index is 13.3. The minimum absolute atomic E-state index is 0.315. The molecule has 2 heterocycles. The van der Waals surface area contributed by atoms with Crippen LogP contribution < -0.4 is 11.1 Å². The van der Waals surface area contributed by atoms with Crippen LogP contribution in [0.25, 0.3) is 21.8 Å². The number of nitrogens with zero attached hydrogens (tertiary/aromatic N) is 3. The van der Waals surface area contributed by atoms with E-state index in [1.54, 1.807) is 38.2 Å². The highest BCUT2D eigenvalue weighted by Crippen LogP contribution is 2.37. The van der Waals surface area contributed by atoms with Crippen molar-refractivity contribution in [3.63, 3.8) is 0 Å². The highest BCUT2D eigenvalue weighted by Gasteiger charge is 2.17. The third kappa shape index (κ3) is 4.29. The van der Waals surface area contributed by atoms with Gasteiger partial charge in [0.2, 0.25) is 5.95 Å². The largest absolute Gasteiger partial charge is 0.386 e. The van der Waals surface area contributed by atoms with Crippen LogP contribution in [-0.2, 0) is 5.60 Å². The van der Waals surface area contributed by atoms with Crippen molar-refractivity contribution in [2.45, 2.75) is 19.4 Å². The summed E-state index contributed by atoms with van der Waals surface area (Å²) in [7, 11) is 0. The van der Waals surface area contributed by atoms with E-state index in [9.17, 15) is 9.50 Å². The van der Waals surface area contributed by atoms with Crippen molar-refractivity contribution in [3.05, 3.63) is 72.2 Å². The Hall–Kier alpha value is -3.36. The molecule has 2 aromatic heterocycles. The Balaban J connectivity index is 1.68. The molecule has 152 valence electrons. The normalized spacial score (nSPS) is 11.5. The van der Waals surface area contributed by atoms with Crippen molar-refractivity contribution in [1.82, 2.24) is 15.0 Å². The van der Waals surface area contributed by atoms with Crippen LogP contribution in [0.2, 0.25) is 0 Å². The predicted octanol–water partition coefficient (Wildman–Crippen LogP) is 4.96. The van der Waals surface area contributed by atoms with Crippen molar-refractivity contribution in [2.24, 2.45) is 0 Å². The molecule has 4 N–H and O–H groups in total. The third-order valence-corrected chi connectivity index (χ3v) is 5.38. The summed E-state index contributed by atoms with van der Waals surface area (Å²) < 4.78 is 13.3. The number of aromatic nitrogens is 3. The topological polar surface area (TPSA) is 97.0 Å². The molecule has 0 spiro atoms. The summed E-state index contributed by atoms with van der Waals surface area (Å²) in [5.41, 5.74) is 8.59. The average molecular weight is 422 g/mol. The van der Waals surface area contributed by atoms with Crippen molar-refractivity contribution in [2.75, 3.05) is 11.1 Å². The first kappa shape index (κ1) is 19.9. The zero-order valence-corrected chi connectivity index (χ0v) is 17.2. The highest BCUT2D eigenvalue weighted by molar-refractivity contribution is 7.19. The Labute approximate surface area is 177 Å². The molecule has 0 radical (unpaired) electrons. The predicted molar refractivity (Wildman–Crippen MR) is 118 cm³/mol. The fourth-order valence-electron chi connectivity index (χ4n) is 2.97. The van der Waals surface area contributed by atoms with Crippen LogP contribution in [0.1, 0.15) is 19.4 Å². The van der Waals surface area contributed by atoms with Crippen LogP contribution >= 0.6 is 11.3 Å². The number of nitrogens with two attached hydrogens (primary N) is 1. The number of nitrogen functional groups attached to an aromatic ring is 1. The van der Waals surface area contributed by atoms with E-state index in [4.69, 9.17) is 5.73 Å². The number of anilines is 3. The van der Waals surface area contributed by atoms with Crippen LogP contribution in [0, 0.1) is 5.82 Å². The third-order valence-electron chi connectivity index (χ3n) is 4.47. The van der Waals surface area contributed by atoms with E-state index >= 15 is 0 Å². The Bertz CT molecular complexity index is 1180. The minimum atomic E-state index is -0.954. The lowest BCUT2D eigenvalue weighted by atomic mass is 9.98. The highest BCUT2D eigenvalue weighted by atomic mass is 32.1. The lowest BCUT2D eigenvalue weighted by molar-refractivity contribution is 0.0786. The van der Waals surface area contributed by atoms with Gasteiger partial charge in [0.25, 0.3) is 0 Å². The van der Waals surface area contributed by atoms with E-state index < -0.39 is 5.60 Å². The number of benzene rings is 2. The van der Waals surface area contributed by atoms with Gasteiger partial charge in [-0.15, -0.1) is 0 Å². The second-order valence-electron chi connectivity index (χ2n) is 7.27. The summed E-state index contributed by atoms with van der Waals surface area (Å²) >= 11 is 1.31. The van der Waals surface area contributed by atoms with Crippen molar-refractivity contribution >= 4 is 28.1 Å². The van der Waals surface area contributed by atoms with Gasteiger partial charge in [-0.2, -0.15) is 0 Å². The molecule has 2 aromatic carbocycles. The van der Waals surface area contributed by atoms with E-state index in [2.05, 4.69) is 20.3 Å². The minimum Gasteiger partial charge on any atom is -0.386 e. The molecule has 30 heavy (non-hydrogen) atoms. The lowest BCUT2D eigenvalue weighted by Gasteiger charge is -2.18. The van der Waals surface area contributed by atoms with E-state index in [0.717, 1.165) is 21.7 Å². The van der Waals surface area contributed by atoms with Gasteiger partial charge in [-0.25, -0.2) is 19.3 Å². The second-order valence-corrected chi connectivity index (χ2v) is 8.30. The second kappa shape index (κ2) is 7.81. The molecule has 4 aromatic rings. The molecule has 0 aliphatic rings. The summed E-state index contributed by atoms with van der Waals surface area (Å²) in [5, 5.41) is 13.8. The molecular weight excluding hydrogens is 401 g/mol. The van der Waals surface area contributed by atoms with Crippen LogP contribution in [0.5, 0.6) is 0 Å². The van der Waals surface area contributed by atoms with Gasteiger partial charge in [0.05, 0.1) is 21.9 Å². The molecule has 8 heteroatoms. The van der Waals surface area contributed by atoms with Crippen LogP contribution in [0.4, 0.5) is 21.2 Å². The van der Waals surface area contributed by atoms with Gasteiger partial charge in [-0.05, 0) is 61.9 Å². The molecule has 6 nitrogen and oxygen atoms in total. The molecule has 0 aliphatic carbocycles. The maximum absolute atomic E-state index is 13.3. The average Bonchev–Trinajstić information content (AvgIpc) is 3.10. The first-order valence-corrected chi connectivity index (χ1v) is 10.1. The number of thiazole rings is 1. The quantitative estimate of drug-likeness (QED) is 0.421. The zero-order chi connectivity index (χ0) is 21.3. The van der Waals surface area contributed by atoms with Gasteiger partial charge in [0.1, 0.15) is 5.82 Å². The monoisotopic (exact) mass is 421 g/mol. The number of hydrogen-bond donors (Lipinski definition) is 3. The van der Waals surface area contributed by atoms with E-state index in [-0.39, 0.29) is 5.82 Å². The van der Waals surface area contributed by atoms with Crippen molar-refractivity contribution < 1.29 is 9.50 Å². The molecule has 0 bridgehead atoms. The van der Waals surface area contributed by atoms with Crippen molar-refractivity contribution in [1.29, 1.82) is 0 Å². The Morgan fingerprint density at radius 3 is 2.57 bits per heavy atom. The summed E-state index contributed by atoms with van der Waals surface area (Å²) in [6, 6.07) is 15.3. The lowest BCUT2D eigenvalue weighted by Crippen LogP contribution is -2.15. The molecule has 0 fully saturated rings. The van der Waals surface area contributed by atoms with Gasteiger partial charge in [0.15, 0.2) is 5.13 Å². The number of nitrogens with one attached hydrogen (secondary N) is 1. The Morgan fingerprint density at radius 2 is 1.83 bits per heavy atom. The van der Waals surface area contributed by atoms with E-state index in [1.165, 1.54) is 23.5 Å². The SMILES string of the molecule is CC(C)(O)c1cccc(Nc2nccc(-c3sc(N)nc3-c3ccc(F)cc3)n2)c1. The maximum Gasteiger partial charge on any atom is 0.227 e. The number of halogens is 1. The standard InChI is InChI=1S/C22H20FN5OS/c1-22(2,29)14-4-3-5-16(12-14)26-21-25-11-10-17(27-21)19-18(28-20(24)30-19)13-6-8-15(23)9-7-13/h3-12,29H,1-2H3,(H2,24,28)(H,25,26,27). The number of rotatable bonds is 5. The molecule has 0 atom stereocenters. The first-order chi connectivity index (χ1) is 14.3. The number of hydrogen-bond acceptors (Lipinski definition) is 7. The van der Waals surface area contributed by atoms with Crippen LogP contribution in [0.15, 0.2) is 60.8 Å². The van der Waals surface area contributed by atoms with Crippen LogP contribution in [-0.4, -0.2) is 20.1 Å². The molecule has 0 unspecified atom stereocenters. The fourth-order valence-corrected chi connectivity index (χ4v) is 3.79. The van der Waals surface area contributed by atoms with Crippen LogP contribution in [0.3, 0.4) is 0 Å². The molecule has 0 amide bonds. The van der Waals surface area contributed by atoms with Crippen molar-refractivity contribution in [3.8, 4) is 21.8 Å². The van der Waals surface area contributed by atoms with Gasteiger partial charge in [-0.3, -0.25) is 0 Å². The molecule has 0 saturated carbocycles. The Morgan fingerprint density at radius 1 is 1.07 bits per heavy atom. The molecule has 4 rings (SSSR count). The first-order valence-electron chi connectivity index (χ1n) is 9.25. The molecule has 0 saturated heterocycles. The Kier molecular flexibility index (Phi) is 5.19.